The van der Waals surface area contributed by atoms with Crippen LogP contribution in [0.25, 0.3) is 17.7 Å². The molecule has 0 fully saturated rings. The van der Waals surface area contributed by atoms with E-state index in [1.807, 2.05) is 6.07 Å². The van der Waals surface area contributed by atoms with Crippen LogP contribution in [0.5, 0.6) is 0 Å². The summed E-state index contributed by atoms with van der Waals surface area (Å²) in [5.41, 5.74) is 5.06. The normalized spacial score (nSPS) is 15.1. The molecule has 0 spiro atoms. The average Bonchev–Trinajstić information content (AvgIpc) is 2.69. The van der Waals surface area contributed by atoms with Gasteiger partial charge in [0.25, 0.3) is 0 Å². The molecule has 0 saturated carbocycles. The third-order valence-electron chi connectivity index (χ3n) is 3.19. The number of allylic oxidation sites excluding steroid dienone is 4. The predicted molar refractivity (Wildman–Crippen MR) is 83.3 cm³/mol. The SMILES string of the molecule is C1=Cc2ccccc[c+]2/C1=C/C=C/c1ccccc1. The number of hydrogen-bond acceptors (Lipinski definition) is 0. The van der Waals surface area contributed by atoms with E-state index in [0.717, 1.165) is 0 Å². The minimum atomic E-state index is 1.22. The Hall–Kier alpha value is -2.47. The first kappa shape index (κ1) is 11.6. The van der Waals surface area contributed by atoms with Crippen LogP contribution in [0.4, 0.5) is 0 Å². The van der Waals surface area contributed by atoms with Crippen molar-refractivity contribution >= 4 is 17.7 Å². The summed E-state index contributed by atoms with van der Waals surface area (Å²) >= 11 is 0. The smallest absolute Gasteiger partial charge is 0.0622 e. The van der Waals surface area contributed by atoms with Crippen molar-refractivity contribution in [2.45, 2.75) is 0 Å². The summed E-state index contributed by atoms with van der Waals surface area (Å²) in [5.74, 6) is 0. The lowest BCUT2D eigenvalue weighted by atomic mass is 10.1. The summed E-state index contributed by atoms with van der Waals surface area (Å²) in [6.07, 6.45) is 10.7. The summed E-state index contributed by atoms with van der Waals surface area (Å²) < 4.78 is 0. The van der Waals surface area contributed by atoms with Crippen molar-refractivity contribution in [3.8, 4) is 0 Å². The lowest BCUT2D eigenvalue weighted by molar-refractivity contribution is 1.66. The molecule has 0 aromatic heterocycles. The van der Waals surface area contributed by atoms with Gasteiger partial charge >= 0.3 is 0 Å². The molecule has 1 aliphatic rings. The van der Waals surface area contributed by atoms with Crippen molar-refractivity contribution in [2.75, 3.05) is 0 Å². The quantitative estimate of drug-likeness (QED) is 0.644. The predicted octanol–water partition coefficient (Wildman–Crippen LogP) is 5.09. The standard InChI is InChI=1S/C19H15/c1-3-8-16(9-4-1)10-7-12-18-15-14-17-11-5-2-6-13-19(17)18/h1-15H/q+1/b10-7+,18-12+. The second-order valence-corrected chi connectivity index (χ2v) is 4.50. The fourth-order valence-corrected chi connectivity index (χ4v) is 2.21. The van der Waals surface area contributed by atoms with E-state index in [1.165, 1.54) is 22.3 Å². The molecule has 0 bridgehead atoms. The third kappa shape index (κ3) is 2.69. The Bertz CT molecular complexity index is 665. The zero-order valence-corrected chi connectivity index (χ0v) is 10.7. The molecule has 0 radical (unpaired) electrons. The zero-order chi connectivity index (χ0) is 12.9. The van der Waals surface area contributed by atoms with Gasteiger partial charge in [-0.05, 0) is 48.1 Å². The van der Waals surface area contributed by atoms with E-state index in [9.17, 15) is 0 Å². The largest absolute Gasteiger partial charge is 0.0709 e. The van der Waals surface area contributed by atoms with E-state index >= 15 is 0 Å². The number of hydrogen-bond donors (Lipinski definition) is 0. The molecule has 3 rings (SSSR count). The van der Waals surface area contributed by atoms with Crippen LogP contribution in [-0.4, -0.2) is 0 Å². The second kappa shape index (κ2) is 5.45. The van der Waals surface area contributed by atoms with Gasteiger partial charge in [-0.25, -0.2) is 0 Å². The maximum absolute atomic E-state index is 2.17. The Kier molecular flexibility index (Phi) is 3.33. The maximum Gasteiger partial charge on any atom is 0.0709 e. The molecule has 2 aromatic rings. The maximum atomic E-state index is 2.17. The molecular formula is C19H15+. The Labute approximate surface area is 114 Å². The fourth-order valence-electron chi connectivity index (χ4n) is 2.21. The summed E-state index contributed by atoms with van der Waals surface area (Å²) in [6, 6.07) is 20.9. The van der Waals surface area contributed by atoms with Crippen LogP contribution in [0.2, 0.25) is 0 Å². The molecule has 0 N–H and O–H groups in total. The first-order valence-electron chi connectivity index (χ1n) is 6.48. The molecule has 0 unspecified atom stereocenters. The van der Waals surface area contributed by atoms with Crippen molar-refractivity contribution in [2.24, 2.45) is 0 Å². The average molecular weight is 243 g/mol. The summed E-state index contributed by atoms with van der Waals surface area (Å²) in [7, 11) is 0. The van der Waals surface area contributed by atoms with Gasteiger partial charge in [0.1, 0.15) is 0 Å². The van der Waals surface area contributed by atoms with Gasteiger partial charge in [-0.15, -0.1) is 0 Å². The zero-order valence-electron chi connectivity index (χ0n) is 10.7. The minimum Gasteiger partial charge on any atom is -0.0622 e. The highest BCUT2D eigenvalue weighted by Crippen LogP contribution is 2.28. The van der Waals surface area contributed by atoms with Gasteiger partial charge in [-0.1, -0.05) is 30.3 Å². The van der Waals surface area contributed by atoms with Crippen LogP contribution in [0.1, 0.15) is 16.7 Å². The Morgan fingerprint density at radius 2 is 1.58 bits per heavy atom. The monoisotopic (exact) mass is 243 g/mol. The molecule has 90 valence electrons. The van der Waals surface area contributed by atoms with E-state index in [0.29, 0.717) is 0 Å². The molecule has 19 heavy (non-hydrogen) atoms. The molecule has 0 atom stereocenters. The molecular weight excluding hydrogens is 228 g/mol. The first-order chi connectivity index (χ1) is 9.43. The van der Waals surface area contributed by atoms with Gasteiger partial charge in [-0.3, -0.25) is 0 Å². The van der Waals surface area contributed by atoms with Gasteiger partial charge in [0.05, 0.1) is 16.7 Å². The van der Waals surface area contributed by atoms with E-state index in [4.69, 9.17) is 0 Å². The molecule has 0 aliphatic heterocycles. The highest BCUT2D eigenvalue weighted by Gasteiger charge is 2.14. The topological polar surface area (TPSA) is 0 Å². The van der Waals surface area contributed by atoms with Crippen molar-refractivity contribution in [3.05, 3.63) is 95.6 Å². The van der Waals surface area contributed by atoms with Crippen LogP contribution in [-0.2, 0) is 0 Å². The van der Waals surface area contributed by atoms with E-state index < -0.39 is 0 Å². The lowest BCUT2D eigenvalue weighted by Crippen LogP contribution is -1.75. The van der Waals surface area contributed by atoms with Crippen molar-refractivity contribution in [1.29, 1.82) is 0 Å². The molecule has 1 aliphatic carbocycles. The van der Waals surface area contributed by atoms with Crippen LogP contribution in [0.15, 0.2) is 78.9 Å². The molecule has 2 aromatic carbocycles. The lowest BCUT2D eigenvalue weighted by Gasteiger charge is -1.90. The van der Waals surface area contributed by atoms with Crippen LogP contribution >= 0.6 is 0 Å². The Morgan fingerprint density at radius 3 is 2.47 bits per heavy atom. The summed E-state index contributed by atoms with van der Waals surface area (Å²) in [4.78, 5) is 0. The highest BCUT2D eigenvalue weighted by atomic mass is 14.1. The molecule has 0 heteroatoms. The van der Waals surface area contributed by atoms with Gasteiger partial charge in [0.2, 0.25) is 0 Å². The minimum absolute atomic E-state index is 1.22. The van der Waals surface area contributed by atoms with Crippen molar-refractivity contribution in [1.82, 2.24) is 0 Å². The van der Waals surface area contributed by atoms with E-state index in [2.05, 4.69) is 85.0 Å². The summed E-state index contributed by atoms with van der Waals surface area (Å²) in [5, 5.41) is 0. The Balaban J connectivity index is 1.87. The first-order valence-corrected chi connectivity index (χ1v) is 6.48. The van der Waals surface area contributed by atoms with E-state index in [-0.39, 0.29) is 0 Å². The Morgan fingerprint density at radius 1 is 0.789 bits per heavy atom. The molecule has 0 amide bonds. The van der Waals surface area contributed by atoms with Crippen LogP contribution < -0.4 is 0 Å². The number of fused-ring (bicyclic) bond motifs is 1. The van der Waals surface area contributed by atoms with Gasteiger partial charge < -0.3 is 0 Å². The fraction of sp³-hybridized carbons (Fsp3) is 0. The molecule has 0 heterocycles. The van der Waals surface area contributed by atoms with Crippen LogP contribution in [0, 0.1) is 0 Å². The highest BCUT2D eigenvalue weighted by molar-refractivity contribution is 5.90. The third-order valence-corrected chi connectivity index (χ3v) is 3.19. The molecule has 0 nitrogen and oxygen atoms in total. The van der Waals surface area contributed by atoms with Gasteiger partial charge in [0.15, 0.2) is 0 Å². The number of rotatable bonds is 2. The van der Waals surface area contributed by atoms with Gasteiger partial charge in [-0.2, -0.15) is 0 Å². The van der Waals surface area contributed by atoms with Gasteiger partial charge in [0, 0.05) is 18.2 Å². The second-order valence-electron chi connectivity index (χ2n) is 4.50. The van der Waals surface area contributed by atoms with Crippen LogP contribution in [0.3, 0.4) is 0 Å². The summed E-state index contributed by atoms with van der Waals surface area (Å²) in [6.45, 7) is 0. The van der Waals surface area contributed by atoms with E-state index in [1.54, 1.807) is 0 Å². The number of benzene rings is 1. The molecule has 0 saturated heterocycles. The van der Waals surface area contributed by atoms with Crippen molar-refractivity contribution in [3.63, 3.8) is 0 Å². The van der Waals surface area contributed by atoms with Crippen molar-refractivity contribution < 1.29 is 0 Å².